The van der Waals surface area contributed by atoms with Crippen LogP contribution in [-0.2, 0) is 4.79 Å². The van der Waals surface area contributed by atoms with Gasteiger partial charge in [0, 0.05) is 6.07 Å². The van der Waals surface area contributed by atoms with Gasteiger partial charge in [-0.25, -0.2) is 4.79 Å². The SMILES string of the molecule is CCOc1cccc(N/N=C(\C)C(=O)O)n1. The average molecular weight is 223 g/mol. The van der Waals surface area contributed by atoms with Crippen LogP contribution in [0.2, 0.25) is 0 Å². The number of anilines is 1. The molecule has 0 saturated heterocycles. The number of nitrogens with zero attached hydrogens (tertiary/aromatic N) is 2. The molecule has 6 heteroatoms. The predicted molar refractivity (Wildman–Crippen MR) is 59.8 cm³/mol. The first kappa shape index (κ1) is 12.0. The summed E-state index contributed by atoms with van der Waals surface area (Å²) in [7, 11) is 0. The summed E-state index contributed by atoms with van der Waals surface area (Å²) in [6, 6.07) is 5.12. The van der Waals surface area contributed by atoms with Crippen molar-refractivity contribution in [2.24, 2.45) is 5.10 Å². The second kappa shape index (κ2) is 5.69. The van der Waals surface area contributed by atoms with Crippen LogP contribution in [0.15, 0.2) is 23.3 Å². The van der Waals surface area contributed by atoms with Gasteiger partial charge in [-0.2, -0.15) is 10.1 Å². The molecule has 0 aliphatic heterocycles. The quantitative estimate of drug-likeness (QED) is 0.581. The van der Waals surface area contributed by atoms with Crippen LogP contribution in [-0.4, -0.2) is 28.4 Å². The molecule has 0 fully saturated rings. The number of hydrogen-bond donors (Lipinski definition) is 2. The normalized spacial score (nSPS) is 11.0. The molecule has 1 heterocycles. The minimum atomic E-state index is -1.08. The summed E-state index contributed by atoms with van der Waals surface area (Å²) in [5, 5.41) is 12.2. The monoisotopic (exact) mass is 223 g/mol. The fourth-order valence-corrected chi connectivity index (χ4v) is 0.894. The van der Waals surface area contributed by atoms with Gasteiger partial charge in [0.05, 0.1) is 6.61 Å². The second-order valence-electron chi connectivity index (χ2n) is 2.91. The first-order chi connectivity index (χ1) is 7.63. The maximum absolute atomic E-state index is 10.5. The lowest BCUT2D eigenvalue weighted by Gasteiger charge is -2.04. The smallest absolute Gasteiger partial charge is 0.351 e. The average Bonchev–Trinajstić information content (AvgIpc) is 2.26. The number of ether oxygens (including phenoxy) is 1. The van der Waals surface area contributed by atoms with Gasteiger partial charge < -0.3 is 9.84 Å². The molecule has 0 saturated carbocycles. The van der Waals surface area contributed by atoms with Gasteiger partial charge in [0.25, 0.3) is 0 Å². The topological polar surface area (TPSA) is 83.8 Å². The lowest BCUT2D eigenvalue weighted by atomic mass is 10.4. The van der Waals surface area contributed by atoms with Crippen molar-refractivity contribution in [1.82, 2.24) is 4.98 Å². The molecule has 1 aromatic heterocycles. The van der Waals surface area contributed by atoms with Gasteiger partial charge in [0.1, 0.15) is 11.5 Å². The van der Waals surface area contributed by atoms with E-state index in [2.05, 4.69) is 15.5 Å². The maximum Gasteiger partial charge on any atom is 0.351 e. The Balaban J connectivity index is 2.70. The Morgan fingerprint density at radius 2 is 2.38 bits per heavy atom. The molecule has 0 aromatic carbocycles. The van der Waals surface area contributed by atoms with Gasteiger partial charge in [0.2, 0.25) is 5.88 Å². The van der Waals surface area contributed by atoms with Gasteiger partial charge in [-0.3, -0.25) is 5.43 Å². The zero-order valence-electron chi connectivity index (χ0n) is 9.10. The number of aliphatic carboxylic acids is 1. The molecule has 86 valence electrons. The van der Waals surface area contributed by atoms with Gasteiger partial charge in [-0.15, -0.1) is 0 Å². The molecule has 2 N–H and O–H groups in total. The Hall–Kier alpha value is -2.11. The highest BCUT2D eigenvalue weighted by molar-refractivity contribution is 6.34. The fraction of sp³-hybridized carbons (Fsp3) is 0.300. The highest BCUT2D eigenvalue weighted by Gasteiger charge is 2.01. The van der Waals surface area contributed by atoms with E-state index < -0.39 is 5.97 Å². The number of hydrazone groups is 1. The maximum atomic E-state index is 10.5. The molecule has 1 rings (SSSR count). The third kappa shape index (κ3) is 3.56. The van der Waals surface area contributed by atoms with E-state index in [-0.39, 0.29) is 5.71 Å². The second-order valence-corrected chi connectivity index (χ2v) is 2.91. The van der Waals surface area contributed by atoms with Crippen LogP contribution in [0.3, 0.4) is 0 Å². The van der Waals surface area contributed by atoms with Crippen molar-refractivity contribution in [3.8, 4) is 5.88 Å². The highest BCUT2D eigenvalue weighted by Crippen LogP contribution is 2.11. The number of carbonyl (C=O) groups is 1. The van der Waals surface area contributed by atoms with Crippen LogP contribution in [0.5, 0.6) is 5.88 Å². The van der Waals surface area contributed by atoms with E-state index in [1.54, 1.807) is 18.2 Å². The summed E-state index contributed by atoms with van der Waals surface area (Å²) >= 11 is 0. The third-order valence-corrected chi connectivity index (χ3v) is 1.66. The Morgan fingerprint density at radius 3 is 3.00 bits per heavy atom. The predicted octanol–water partition coefficient (Wildman–Crippen LogP) is 1.35. The van der Waals surface area contributed by atoms with E-state index in [1.807, 2.05) is 6.92 Å². The van der Waals surface area contributed by atoms with E-state index >= 15 is 0 Å². The molecular weight excluding hydrogens is 210 g/mol. The highest BCUT2D eigenvalue weighted by atomic mass is 16.5. The van der Waals surface area contributed by atoms with Crippen molar-refractivity contribution in [1.29, 1.82) is 0 Å². The summed E-state index contributed by atoms with van der Waals surface area (Å²) in [5.41, 5.74) is 2.50. The van der Waals surface area contributed by atoms with Crippen molar-refractivity contribution < 1.29 is 14.6 Å². The fourth-order valence-electron chi connectivity index (χ4n) is 0.894. The van der Waals surface area contributed by atoms with Gasteiger partial charge >= 0.3 is 5.97 Å². The van der Waals surface area contributed by atoms with Gasteiger partial charge in [-0.05, 0) is 19.9 Å². The standard InChI is InChI=1S/C10H13N3O3/c1-3-16-9-6-4-5-8(11-9)13-12-7(2)10(14)15/h4-6H,3H2,1-2H3,(H,11,13)(H,14,15)/b12-7+. The molecule has 0 radical (unpaired) electrons. The first-order valence-electron chi connectivity index (χ1n) is 4.77. The molecule has 16 heavy (non-hydrogen) atoms. The Labute approximate surface area is 93.0 Å². The van der Waals surface area contributed by atoms with E-state index in [9.17, 15) is 4.79 Å². The number of hydrogen-bond acceptors (Lipinski definition) is 5. The molecule has 1 aromatic rings. The Morgan fingerprint density at radius 1 is 1.62 bits per heavy atom. The molecule has 0 aliphatic rings. The number of nitrogens with one attached hydrogen (secondary N) is 1. The van der Waals surface area contributed by atoms with Crippen LogP contribution >= 0.6 is 0 Å². The molecule has 0 atom stereocenters. The lowest BCUT2D eigenvalue weighted by molar-refractivity contribution is -0.129. The third-order valence-electron chi connectivity index (χ3n) is 1.66. The van der Waals surface area contributed by atoms with E-state index in [0.29, 0.717) is 18.3 Å². The Kier molecular flexibility index (Phi) is 4.26. The van der Waals surface area contributed by atoms with Crippen LogP contribution in [0.4, 0.5) is 5.82 Å². The number of carboxylic acids is 1. The van der Waals surface area contributed by atoms with Crippen molar-refractivity contribution in [2.75, 3.05) is 12.0 Å². The molecular formula is C10H13N3O3. The van der Waals surface area contributed by atoms with Crippen molar-refractivity contribution >= 4 is 17.5 Å². The number of rotatable bonds is 5. The first-order valence-corrected chi connectivity index (χ1v) is 4.77. The van der Waals surface area contributed by atoms with Crippen LogP contribution in [0.1, 0.15) is 13.8 Å². The summed E-state index contributed by atoms with van der Waals surface area (Å²) in [6.07, 6.45) is 0. The summed E-state index contributed by atoms with van der Waals surface area (Å²) < 4.78 is 5.18. The molecule has 0 unspecified atom stereocenters. The number of pyridine rings is 1. The van der Waals surface area contributed by atoms with Crippen molar-refractivity contribution in [3.05, 3.63) is 18.2 Å². The van der Waals surface area contributed by atoms with Crippen LogP contribution in [0, 0.1) is 0 Å². The molecule has 0 spiro atoms. The minimum Gasteiger partial charge on any atom is -0.478 e. The van der Waals surface area contributed by atoms with Crippen molar-refractivity contribution in [3.63, 3.8) is 0 Å². The zero-order chi connectivity index (χ0) is 12.0. The molecule has 6 nitrogen and oxygen atoms in total. The Bertz CT molecular complexity index is 404. The molecule has 0 amide bonds. The largest absolute Gasteiger partial charge is 0.478 e. The number of aromatic nitrogens is 1. The van der Waals surface area contributed by atoms with Crippen molar-refractivity contribution in [2.45, 2.75) is 13.8 Å². The van der Waals surface area contributed by atoms with E-state index in [4.69, 9.17) is 9.84 Å². The van der Waals surface area contributed by atoms with Crippen LogP contribution in [0.25, 0.3) is 0 Å². The summed E-state index contributed by atoms with van der Waals surface area (Å²) in [5.74, 6) is -0.171. The number of carboxylic acid groups (broad SMARTS) is 1. The summed E-state index contributed by atoms with van der Waals surface area (Å²) in [6.45, 7) is 3.77. The van der Waals surface area contributed by atoms with E-state index in [1.165, 1.54) is 6.92 Å². The van der Waals surface area contributed by atoms with Gasteiger partial charge in [-0.1, -0.05) is 6.07 Å². The summed E-state index contributed by atoms with van der Waals surface area (Å²) in [4.78, 5) is 14.5. The molecule has 0 bridgehead atoms. The van der Waals surface area contributed by atoms with Crippen LogP contribution < -0.4 is 10.2 Å². The minimum absolute atomic E-state index is 0.0383. The lowest BCUT2D eigenvalue weighted by Crippen LogP contribution is -2.10. The zero-order valence-corrected chi connectivity index (χ0v) is 9.10. The van der Waals surface area contributed by atoms with E-state index in [0.717, 1.165) is 0 Å². The van der Waals surface area contributed by atoms with Gasteiger partial charge in [0.15, 0.2) is 0 Å². The molecule has 0 aliphatic carbocycles.